The second kappa shape index (κ2) is 7.99. The molecule has 130 valence electrons. The Labute approximate surface area is 128 Å². The Morgan fingerprint density at radius 2 is 1.96 bits per heavy atom. The monoisotopic (exact) mass is 342 g/mol. The minimum absolute atomic E-state index is 0.207. The number of carboxylic acids is 1. The molecule has 0 amide bonds. The van der Waals surface area contributed by atoms with Crippen molar-refractivity contribution in [3.8, 4) is 0 Å². The van der Waals surface area contributed by atoms with Crippen LogP contribution in [0, 0.1) is 5.92 Å². The van der Waals surface area contributed by atoms with Gasteiger partial charge in [0.1, 0.15) is 0 Å². The van der Waals surface area contributed by atoms with Crippen molar-refractivity contribution in [1.82, 2.24) is 15.3 Å². The number of piperidine rings is 1. The van der Waals surface area contributed by atoms with Gasteiger partial charge >= 0.3 is 12.1 Å². The van der Waals surface area contributed by atoms with Crippen molar-refractivity contribution in [2.24, 2.45) is 5.92 Å². The van der Waals surface area contributed by atoms with E-state index in [0.717, 1.165) is 0 Å². The van der Waals surface area contributed by atoms with Crippen LogP contribution in [0.5, 0.6) is 0 Å². The van der Waals surface area contributed by atoms with Crippen molar-refractivity contribution in [3.05, 3.63) is 18.5 Å². The van der Waals surface area contributed by atoms with Crippen molar-refractivity contribution < 1.29 is 31.9 Å². The first-order valence-electron chi connectivity index (χ1n) is 6.52. The Kier molecular flexibility index (Phi) is 6.61. The predicted octanol–water partition coefficient (Wildman–Crippen LogP) is 1.77. The molecule has 6 nitrogen and oxygen atoms in total. The Morgan fingerprint density at radius 1 is 1.39 bits per heavy atom. The van der Waals surface area contributed by atoms with Crippen molar-refractivity contribution in [1.29, 1.82) is 0 Å². The first kappa shape index (κ1) is 19.0. The topological polar surface area (TPSA) is 87.1 Å². The molecule has 11 heteroatoms. The Hall–Kier alpha value is -2.04. The molecule has 1 aromatic heterocycles. The summed E-state index contributed by atoms with van der Waals surface area (Å²) in [7, 11) is 0. The maximum absolute atomic E-state index is 13.4. The molecule has 1 fully saturated rings. The predicted molar refractivity (Wildman–Crippen MR) is 70.1 cm³/mol. The molecule has 0 unspecified atom stereocenters. The van der Waals surface area contributed by atoms with Gasteiger partial charge in [-0.3, -0.25) is 0 Å². The molecule has 0 bridgehead atoms. The van der Waals surface area contributed by atoms with Crippen LogP contribution in [0.3, 0.4) is 0 Å². The minimum atomic E-state index is -5.08. The molecule has 1 aliphatic heterocycles. The second-order valence-corrected chi connectivity index (χ2v) is 4.68. The zero-order chi connectivity index (χ0) is 17.5. The highest BCUT2D eigenvalue weighted by Crippen LogP contribution is 2.29. The van der Waals surface area contributed by atoms with Crippen LogP contribution in [-0.2, 0) is 4.79 Å². The van der Waals surface area contributed by atoms with E-state index in [1.165, 1.54) is 0 Å². The summed E-state index contributed by atoms with van der Waals surface area (Å²) in [4.78, 5) is 16.8. The zero-order valence-electron chi connectivity index (χ0n) is 11.8. The SMILES string of the molecule is FC1(F)CNCC[C@@H]1CNc1ncccn1.O=C(O)C(F)(F)F. The summed E-state index contributed by atoms with van der Waals surface area (Å²) < 4.78 is 58.6. The number of rotatable bonds is 3. The molecule has 0 saturated carbocycles. The Morgan fingerprint density at radius 3 is 2.43 bits per heavy atom. The van der Waals surface area contributed by atoms with Crippen LogP contribution in [0.4, 0.5) is 27.9 Å². The average molecular weight is 342 g/mol. The molecule has 0 aliphatic carbocycles. The molecule has 1 aliphatic rings. The molecule has 3 N–H and O–H groups in total. The van der Waals surface area contributed by atoms with Crippen LogP contribution in [0.15, 0.2) is 18.5 Å². The van der Waals surface area contributed by atoms with Gasteiger partial charge in [0.05, 0.1) is 6.54 Å². The number of hydrogen-bond donors (Lipinski definition) is 3. The number of nitrogens with one attached hydrogen (secondary N) is 2. The largest absolute Gasteiger partial charge is 0.490 e. The quantitative estimate of drug-likeness (QED) is 0.726. The van der Waals surface area contributed by atoms with E-state index in [1.54, 1.807) is 18.5 Å². The molecular formula is C12H15F5N4O2. The Bertz CT molecular complexity index is 498. The molecule has 0 radical (unpaired) electrons. The molecule has 1 aromatic rings. The highest BCUT2D eigenvalue weighted by atomic mass is 19.4. The van der Waals surface area contributed by atoms with E-state index in [9.17, 15) is 22.0 Å². The first-order valence-corrected chi connectivity index (χ1v) is 6.52. The number of anilines is 1. The molecule has 2 heterocycles. The molecule has 23 heavy (non-hydrogen) atoms. The van der Waals surface area contributed by atoms with Crippen molar-refractivity contribution in [3.63, 3.8) is 0 Å². The summed E-state index contributed by atoms with van der Waals surface area (Å²) >= 11 is 0. The van der Waals surface area contributed by atoms with Crippen LogP contribution in [0.2, 0.25) is 0 Å². The lowest BCUT2D eigenvalue weighted by Crippen LogP contribution is -2.48. The maximum Gasteiger partial charge on any atom is 0.490 e. The third-order valence-corrected chi connectivity index (χ3v) is 2.94. The summed E-state index contributed by atoms with van der Waals surface area (Å²) in [6.07, 6.45) is -1.46. The first-order chi connectivity index (χ1) is 10.6. The number of carbonyl (C=O) groups is 1. The number of carboxylic acid groups (broad SMARTS) is 1. The number of hydrogen-bond acceptors (Lipinski definition) is 5. The van der Waals surface area contributed by atoms with Gasteiger partial charge in [-0.1, -0.05) is 0 Å². The number of aromatic nitrogens is 2. The molecule has 0 spiro atoms. The van der Waals surface area contributed by atoms with Gasteiger partial charge in [0.2, 0.25) is 5.95 Å². The Balaban J connectivity index is 0.000000322. The van der Waals surface area contributed by atoms with Gasteiger partial charge in [0.25, 0.3) is 5.92 Å². The van der Waals surface area contributed by atoms with Gasteiger partial charge in [-0.05, 0) is 19.0 Å². The van der Waals surface area contributed by atoms with E-state index in [2.05, 4.69) is 20.6 Å². The third-order valence-electron chi connectivity index (χ3n) is 2.94. The summed E-state index contributed by atoms with van der Waals surface area (Å²) in [5.41, 5.74) is 0. The normalized spacial score (nSPS) is 20.1. The van der Waals surface area contributed by atoms with Crippen LogP contribution < -0.4 is 10.6 Å². The smallest absolute Gasteiger partial charge is 0.475 e. The van der Waals surface area contributed by atoms with E-state index in [4.69, 9.17) is 9.90 Å². The molecule has 1 atom stereocenters. The number of halogens is 5. The number of aliphatic carboxylic acids is 1. The van der Waals surface area contributed by atoms with Gasteiger partial charge < -0.3 is 15.7 Å². The third kappa shape index (κ3) is 6.72. The van der Waals surface area contributed by atoms with Crippen LogP contribution in [0.25, 0.3) is 0 Å². The van der Waals surface area contributed by atoms with Crippen LogP contribution in [-0.4, -0.2) is 52.8 Å². The summed E-state index contributed by atoms with van der Waals surface area (Å²) in [6, 6.07) is 1.68. The lowest BCUT2D eigenvalue weighted by molar-refractivity contribution is -0.192. The highest BCUT2D eigenvalue weighted by Gasteiger charge is 2.41. The molecule has 2 rings (SSSR count). The van der Waals surface area contributed by atoms with Gasteiger partial charge in [-0.25, -0.2) is 23.5 Å². The van der Waals surface area contributed by atoms with Crippen molar-refractivity contribution >= 4 is 11.9 Å². The van der Waals surface area contributed by atoms with Gasteiger partial charge in [-0.2, -0.15) is 13.2 Å². The van der Waals surface area contributed by atoms with E-state index in [0.29, 0.717) is 18.9 Å². The fourth-order valence-corrected chi connectivity index (χ4v) is 1.74. The lowest BCUT2D eigenvalue weighted by Gasteiger charge is -2.31. The minimum Gasteiger partial charge on any atom is -0.475 e. The fraction of sp³-hybridized carbons (Fsp3) is 0.583. The van der Waals surface area contributed by atoms with E-state index < -0.39 is 24.0 Å². The van der Waals surface area contributed by atoms with Gasteiger partial charge in [0, 0.05) is 24.9 Å². The van der Waals surface area contributed by atoms with E-state index in [-0.39, 0.29) is 13.1 Å². The van der Waals surface area contributed by atoms with Gasteiger partial charge in [0.15, 0.2) is 0 Å². The van der Waals surface area contributed by atoms with Gasteiger partial charge in [-0.15, -0.1) is 0 Å². The average Bonchev–Trinajstić information content (AvgIpc) is 2.46. The molecular weight excluding hydrogens is 327 g/mol. The maximum atomic E-state index is 13.4. The summed E-state index contributed by atoms with van der Waals surface area (Å²) in [6.45, 7) is 0.602. The second-order valence-electron chi connectivity index (χ2n) is 4.68. The van der Waals surface area contributed by atoms with Crippen molar-refractivity contribution in [2.45, 2.75) is 18.5 Å². The number of nitrogens with zero attached hydrogens (tertiary/aromatic N) is 2. The van der Waals surface area contributed by atoms with Crippen LogP contribution in [0.1, 0.15) is 6.42 Å². The number of alkyl halides is 5. The zero-order valence-corrected chi connectivity index (χ0v) is 11.8. The van der Waals surface area contributed by atoms with E-state index in [1.807, 2.05) is 0 Å². The summed E-state index contributed by atoms with van der Waals surface area (Å²) in [5.74, 6) is -5.66. The lowest BCUT2D eigenvalue weighted by atomic mass is 9.94. The van der Waals surface area contributed by atoms with Crippen LogP contribution >= 0.6 is 0 Å². The standard InChI is InChI=1S/C10H14F2N4.C2HF3O2/c11-10(12)7-13-5-2-8(10)6-16-9-14-3-1-4-15-9;3-2(4,5)1(6)7/h1,3-4,8,13H,2,5-7H2,(H,14,15,16);(H,6,7)/t8-;/m1./s1. The molecule has 1 saturated heterocycles. The molecule has 0 aromatic carbocycles. The summed E-state index contributed by atoms with van der Waals surface area (Å²) in [5, 5.41) is 12.7. The fourth-order valence-electron chi connectivity index (χ4n) is 1.74. The van der Waals surface area contributed by atoms with E-state index >= 15 is 0 Å². The van der Waals surface area contributed by atoms with Crippen molar-refractivity contribution in [2.75, 3.05) is 25.0 Å². The highest BCUT2D eigenvalue weighted by molar-refractivity contribution is 5.73.